The molecular formula is C18H24ClFN4O3S. The van der Waals surface area contributed by atoms with Gasteiger partial charge in [0.2, 0.25) is 5.91 Å². The second kappa shape index (κ2) is 9.02. The number of amides is 1. The summed E-state index contributed by atoms with van der Waals surface area (Å²) in [4.78, 5) is 12.6. The number of benzene rings is 1. The van der Waals surface area contributed by atoms with Crippen molar-refractivity contribution in [1.29, 1.82) is 0 Å². The minimum atomic E-state index is -3.52. The molecule has 1 aliphatic rings. The molecule has 2 aromatic rings. The van der Waals surface area contributed by atoms with Crippen LogP contribution in [0.5, 0.6) is 0 Å². The van der Waals surface area contributed by atoms with Gasteiger partial charge < -0.3 is 10.6 Å². The summed E-state index contributed by atoms with van der Waals surface area (Å²) in [5.41, 5.74) is 1.48. The first-order valence-corrected chi connectivity index (χ1v) is 10.7. The van der Waals surface area contributed by atoms with E-state index in [9.17, 15) is 17.6 Å². The van der Waals surface area contributed by atoms with E-state index < -0.39 is 20.5 Å². The highest BCUT2D eigenvalue weighted by molar-refractivity contribution is 7.92. The zero-order chi connectivity index (χ0) is 19.5. The van der Waals surface area contributed by atoms with Crippen LogP contribution in [0.4, 0.5) is 4.39 Å². The number of aromatic nitrogens is 2. The quantitative estimate of drug-likeness (QED) is 0.719. The highest BCUT2D eigenvalue weighted by Gasteiger charge is 2.48. The van der Waals surface area contributed by atoms with Crippen LogP contribution in [0, 0.1) is 5.82 Å². The maximum absolute atomic E-state index is 13.0. The molecule has 28 heavy (non-hydrogen) atoms. The van der Waals surface area contributed by atoms with E-state index in [0.717, 1.165) is 17.6 Å². The summed E-state index contributed by atoms with van der Waals surface area (Å²) in [5, 5.41) is 10.2. The first kappa shape index (κ1) is 22.3. The van der Waals surface area contributed by atoms with E-state index in [1.165, 1.54) is 12.1 Å². The molecular weight excluding hydrogens is 407 g/mol. The van der Waals surface area contributed by atoms with Crippen molar-refractivity contribution < 1.29 is 17.6 Å². The summed E-state index contributed by atoms with van der Waals surface area (Å²) in [7, 11) is -3.52. The molecule has 0 spiro atoms. The molecule has 1 aliphatic heterocycles. The lowest BCUT2D eigenvalue weighted by Gasteiger charge is -2.34. The van der Waals surface area contributed by atoms with Crippen LogP contribution in [0.2, 0.25) is 0 Å². The third-order valence-electron chi connectivity index (χ3n) is 4.94. The highest BCUT2D eigenvalue weighted by Crippen LogP contribution is 2.27. The van der Waals surface area contributed by atoms with E-state index in [-0.39, 0.29) is 31.1 Å². The van der Waals surface area contributed by atoms with Crippen LogP contribution < -0.4 is 10.6 Å². The summed E-state index contributed by atoms with van der Waals surface area (Å²) in [6.07, 6.45) is 3.91. The molecule has 1 aromatic carbocycles. The number of hydrogen-bond acceptors (Lipinski definition) is 5. The van der Waals surface area contributed by atoms with E-state index in [1.807, 2.05) is 6.07 Å². The molecule has 1 saturated heterocycles. The topological polar surface area (TPSA) is 93.1 Å². The number of nitrogens with zero attached hydrogens (tertiary/aromatic N) is 2. The lowest BCUT2D eigenvalue weighted by Crippen LogP contribution is -2.57. The Morgan fingerprint density at radius 3 is 2.50 bits per heavy atom. The molecule has 0 radical (unpaired) electrons. The fraction of sp³-hybridized carbons (Fsp3) is 0.444. The Morgan fingerprint density at radius 2 is 1.89 bits per heavy atom. The van der Waals surface area contributed by atoms with Gasteiger partial charge in [0.25, 0.3) is 0 Å². The van der Waals surface area contributed by atoms with Crippen LogP contribution in [0.25, 0.3) is 5.69 Å². The summed E-state index contributed by atoms with van der Waals surface area (Å²) < 4.78 is 37.7. The predicted octanol–water partition coefficient (Wildman–Crippen LogP) is 1.26. The molecule has 154 valence electrons. The molecule has 0 atom stereocenters. The van der Waals surface area contributed by atoms with Crippen molar-refractivity contribution in [3.05, 3.63) is 48.0 Å². The van der Waals surface area contributed by atoms with Gasteiger partial charge in [-0.2, -0.15) is 5.10 Å². The van der Waals surface area contributed by atoms with Crippen molar-refractivity contribution in [3.63, 3.8) is 0 Å². The predicted molar refractivity (Wildman–Crippen MR) is 107 cm³/mol. The van der Waals surface area contributed by atoms with Crippen LogP contribution in [0.15, 0.2) is 36.5 Å². The van der Waals surface area contributed by atoms with Crippen molar-refractivity contribution in [3.8, 4) is 5.69 Å². The average Bonchev–Trinajstić information content (AvgIpc) is 3.11. The molecule has 7 nitrogen and oxygen atoms in total. The van der Waals surface area contributed by atoms with Gasteiger partial charge in [-0.1, -0.05) is 0 Å². The van der Waals surface area contributed by atoms with Crippen molar-refractivity contribution in [1.82, 2.24) is 20.4 Å². The second-order valence-corrected chi connectivity index (χ2v) is 9.08. The minimum Gasteiger partial charge on any atom is -0.354 e. The Hall–Kier alpha value is -1.97. The Morgan fingerprint density at radius 1 is 1.25 bits per heavy atom. The maximum Gasteiger partial charge on any atom is 0.241 e. The molecule has 0 saturated carbocycles. The smallest absolute Gasteiger partial charge is 0.241 e. The van der Waals surface area contributed by atoms with Gasteiger partial charge >= 0.3 is 0 Å². The van der Waals surface area contributed by atoms with Gasteiger partial charge in [0.05, 0.1) is 11.4 Å². The number of rotatable bonds is 6. The number of carbonyl (C=O) groups is 1. The van der Waals surface area contributed by atoms with Crippen molar-refractivity contribution in [2.45, 2.75) is 24.0 Å². The first-order valence-electron chi connectivity index (χ1n) is 8.81. The van der Waals surface area contributed by atoms with E-state index in [2.05, 4.69) is 15.7 Å². The van der Waals surface area contributed by atoms with Gasteiger partial charge in [0.15, 0.2) is 14.6 Å². The van der Waals surface area contributed by atoms with Crippen molar-refractivity contribution in [2.24, 2.45) is 0 Å². The zero-order valence-corrected chi connectivity index (χ0v) is 17.2. The van der Waals surface area contributed by atoms with Crippen LogP contribution in [-0.4, -0.2) is 54.7 Å². The summed E-state index contributed by atoms with van der Waals surface area (Å²) in [6.45, 7) is 1.30. The minimum absolute atomic E-state index is 0. The molecule has 10 heteroatoms. The van der Waals surface area contributed by atoms with E-state index in [0.29, 0.717) is 26.1 Å². The fourth-order valence-corrected chi connectivity index (χ4v) is 4.65. The monoisotopic (exact) mass is 430 g/mol. The average molecular weight is 431 g/mol. The Labute approximate surface area is 170 Å². The summed E-state index contributed by atoms with van der Waals surface area (Å²) in [6, 6.07) is 7.79. The van der Waals surface area contributed by atoms with Gasteiger partial charge in [0, 0.05) is 25.4 Å². The van der Waals surface area contributed by atoms with Crippen LogP contribution >= 0.6 is 12.4 Å². The molecule has 0 unspecified atom stereocenters. The van der Waals surface area contributed by atoms with Crippen molar-refractivity contribution >= 4 is 28.2 Å². The molecule has 0 aliphatic carbocycles. The highest BCUT2D eigenvalue weighted by atomic mass is 35.5. The second-order valence-electron chi connectivity index (χ2n) is 6.75. The first-order chi connectivity index (χ1) is 12.8. The normalized spacial score (nSPS) is 16.2. The van der Waals surface area contributed by atoms with Gasteiger partial charge in [0.1, 0.15) is 5.82 Å². The third-order valence-corrected chi connectivity index (χ3v) is 6.95. The number of carbonyl (C=O) groups excluding carboxylic acids is 1. The molecule has 2 heterocycles. The van der Waals surface area contributed by atoms with Crippen molar-refractivity contribution in [2.75, 3.05) is 25.9 Å². The van der Waals surface area contributed by atoms with Crippen LogP contribution in [-0.2, 0) is 21.1 Å². The Balaban J connectivity index is 0.00000280. The number of halogens is 2. The van der Waals surface area contributed by atoms with Gasteiger partial charge in [-0.15, -0.1) is 12.4 Å². The number of hydrogen-bond donors (Lipinski definition) is 2. The summed E-state index contributed by atoms with van der Waals surface area (Å²) >= 11 is 0. The van der Waals surface area contributed by atoms with E-state index >= 15 is 0 Å². The lowest BCUT2D eigenvalue weighted by atomic mass is 9.96. The van der Waals surface area contributed by atoms with Crippen LogP contribution in [0.1, 0.15) is 18.5 Å². The van der Waals surface area contributed by atoms with Gasteiger partial charge in [-0.3, -0.25) is 4.79 Å². The summed E-state index contributed by atoms with van der Waals surface area (Å²) in [5.74, 6) is -0.754. The molecule has 1 amide bonds. The maximum atomic E-state index is 13.0. The fourth-order valence-electron chi connectivity index (χ4n) is 3.29. The van der Waals surface area contributed by atoms with Gasteiger partial charge in [-0.25, -0.2) is 17.5 Å². The molecule has 2 N–H and O–H groups in total. The Kier molecular flexibility index (Phi) is 7.19. The number of nitrogens with one attached hydrogen (secondary N) is 2. The standard InChI is InChI=1S/C18H23FN4O3S.ClH/c1-27(25,26)18(8-11-20-12-9-18)17(24)21-10-6-15-7-13-23(22-15)16-4-2-14(19)3-5-16;/h2-5,7,13,20H,6,8-12H2,1H3,(H,21,24);1H. The molecule has 3 rings (SSSR count). The molecule has 0 bridgehead atoms. The third kappa shape index (κ3) is 4.71. The number of sulfone groups is 1. The number of piperidine rings is 1. The van der Waals surface area contributed by atoms with Gasteiger partial charge in [-0.05, 0) is 56.3 Å². The van der Waals surface area contributed by atoms with Crippen LogP contribution in [0.3, 0.4) is 0 Å². The SMILES string of the molecule is CS(=O)(=O)C1(C(=O)NCCc2ccn(-c3ccc(F)cc3)n2)CCNCC1.Cl. The molecule has 1 aromatic heterocycles. The van der Waals surface area contributed by atoms with E-state index in [4.69, 9.17) is 0 Å². The largest absolute Gasteiger partial charge is 0.354 e. The zero-order valence-electron chi connectivity index (χ0n) is 15.5. The molecule has 1 fully saturated rings. The van der Waals surface area contributed by atoms with E-state index in [1.54, 1.807) is 23.0 Å². The Bertz CT molecular complexity index is 909. The lowest BCUT2D eigenvalue weighted by molar-refractivity contribution is -0.124.